The van der Waals surface area contributed by atoms with E-state index in [0.29, 0.717) is 39.1 Å². The van der Waals surface area contributed by atoms with Gasteiger partial charge in [-0.2, -0.15) is 0 Å². The van der Waals surface area contributed by atoms with Crippen LogP contribution >= 0.6 is 0 Å². The number of esters is 1. The lowest BCUT2D eigenvalue weighted by atomic mass is 9.97. The molecule has 1 fully saturated rings. The van der Waals surface area contributed by atoms with Gasteiger partial charge in [-0.1, -0.05) is 30.3 Å². The van der Waals surface area contributed by atoms with Gasteiger partial charge in [-0.15, -0.1) is 0 Å². The molecule has 2 heterocycles. The van der Waals surface area contributed by atoms with Crippen LogP contribution in [0.4, 0.5) is 0 Å². The Kier molecular flexibility index (Phi) is 5.88. The average molecular weight is 358 g/mol. The first-order valence-corrected chi connectivity index (χ1v) is 8.76. The maximum atomic E-state index is 12.5. The van der Waals surface area contributed by atoms with E-state index in [4.69, 9.17) is 14.0 Å². The number of benzene rings is 1. The van der Waals surface area contributed by atoms with Crippen molar-refractivity contribution in [1.82, 2.24) is 10.1 Å². The zero-order valence-corrected chi connectivity index (χ0v) is 14.7. The number of amides is 1. The molecule has 0 spiro atoms. The van der Waals surface area contributed by atoms with E-state index in [1.807, 2.05) is 30.3 Å². The van der Waals surface area contributed by atoms with Crippen LogP contribution in [-0.2, 0) is 16.1 Å². The summed E-state index contributed by atoms with van der Waals surface area (Å²) in [5.74, 6) is -0.148. The predicted octanol–water partition coefficient (Wildman–Crippen LogP) is 2.67. The minimum Gasteiger partial charge on any atom is -0.471 e. The van der Waals surface area contributed by atoms with E-state index < -0.39 is 0 Å². The highest BCUT2D eigenvalue weighted by Gasteiger charge is 2.30. The van der Waals surface area contributed by atoms with Gasteiger partial charge in [0, 0.05) is 13.1 Å². The van der Waals surface area contributed by atoms with E-state index in [9.17, 15) is 9.59 Å². The van der Waals surface area contributed by atoms with Crippen molar-refractivity contribution in [2.24, 2.45) is 5.92 Å². The van der Waals surface area contributed by atoms with Crippen LogP contribution in [0.5, 0.6) is 5.88 Å². The molecule has 7 heteroatoms. The van der Waals surface area contributed by atoms with Gasteiger partial charge in [-0.3, -0.25) is 9.59 Å². The lowest BCUT2D eigenvalue weighted by Crippen LogP contribution is -2.40. The topological polar surface area (TPSA) is 81.9 Å². The van der Waals surface area contributed by atoms with Crippen molar-refractivity contribution in [2.75, 3.05) is 19.7 Å². The summed E-state index contributed by atoms with van der Waals surface area (Å²) in [6, 6.07) is 11.2. The molecule has 138 valence electrons. The normalized spacial score (nSPS) is 14.9. The first-order chi connectivity index (χ1) is 12.7. The molecule has 0 saturated carbocycles. The number of piperidine rings is 1. The zero-order chi connectivity index (χ0) is 18.4. The van der Waals surface area contributed by atoms with Gasteiger partial charge in [0.2, 0.25) is 5.76 Å². The van der Waals surface area contributed by atoms with Crippen molar-refractivity contribution in [3.05, 3.63) is 47.7 Å². The second-order valence-electron chi connectivity index (χ2n) is 6.12. The number of carbonyl (C=O) groups excluding carboxylic acids is 2. The SMILES string of the molecule is CCOC(=O)C1CCN(C(=O)c2cc(OCc3ccccc3)no2)CC1. The Morgan fingerprint density at radius 2 is 1.96 bits per heavy atom. The number of nitrogens with zero attached hydrogens (tertiary/aromatic N) is 2. The van der Waals surface area contributed by atoms with E-state index in [1.165, 1.54) is 6.07 Å². The fraction of sp³-hybridized carbons (Fsp3) is 0.421. The van der Waals surface area contributed by atoms with Crippen LogP contribution in [0.15, 0.2) is 40.9 Å². The molecule has 1 aliphatic rings. The molecule has 26 heavy (non-hydrogen) atoms. The molecule has 1 aliphatic heterocycles. The Balaban J connectivity index is 1.51. The Hall–Kier alpha value is -2.83. The third-order valence-corrected chi connectivity index (χ3v) is 4.33. The number of ether oxygens (including phenoxy) is 2. The second-order valence-corrected chi connectivity index (χ2v) is 6.12. The summed E-state index contributed by atoms with van der Waals surface area (Å²) in [6.07, 6.45) is 1.19. The summed E-state index contributed by atoms with van der Waals surface area (Å²) >= 11 is 0. The average Bonchev–Trinajstić information content (AvgIpc) is 3.16. The van der Waals surface area contributed by atoms with Gasteiger partial charge in [0.25, 0.3) is 11.8 Å². The maximum Gasteiger partial charge on any atom is 0.309 e. The molecule has 7 nitrogen and oxygen atoms in total. The summed E-state index contributed by atoms with van der Waals surface area (Å²) in [4.78, 5) is 25.9. The number of rotatable bonds is 6. The van der Waals surface area contributed by atoms with Crippen LogP contribution in [0.25, 0.3) is 0 Å². The first-order valence-electron chi connectivity index (χ1n) is 8.76. The van der Waals surface area contributed by atoms with Gasteiger partial charge in [-0.25, -0.2) is 0 Å². The molecule has 3 rings (SSSR count). The molecule has 0 unspecified atom stereocenters. The highest BCUT2D eigenvalue weighted by molar-refractivity contribution is 5.91. The van der Waals surface area contributed by atoms with Gasteiger partial charge in [0.05, 0.1) is 18.6 Å². The number of hydrogen-bond donors (Lipinski definition) is 0. The lowest BCUT2D eigenvalue weighted by molar-refractivity contribution is -0.149. The number of aromatic nitrogens is 1. The lowest BCUT2D eigenvalue weighted by Gasteiger charge is -2.30. The van der Waals surface area contributed by atoms with Crippen LogP contribution in [0.1, 0.15) is 35.9 Å². The van der Waals surface area contributed by atoms with Crippen molar-refractivity contribution >= 4 is 11.9 Å². The molecule has 0 atom stereocenters. The monoisotopic (exact) mass is 358 g/mol. The van der Waals surface area contributed by atoms with E-state index in [-0.39, 0.29) is 29.4 Å². The molecule has 2 aromatic rings. The minimum absolute atomic E-state index is 0.140. The second kappa shape index (κ2) is 8.51. The molecule has 0 N–H and O–H groups in total. The summed E-state index contributed by atoms with van der Waals surface area (Å²) in [5.41, 5.74) is 1.00. The largest absolute Gasteiger partial charge is 0.471 e. The molecular formula is C19H22N2O5. The fourth-order valence-electron chi connectivity index (χ4n) is 2.89. The van der Waals surface area contributed by atoms with E-state index in [0.717, 1.165) is 5.56 Å². The van der Waals surface area contributed by atoms with Crippen LogP contribution in [0.2, 0.25) is 0 Å². The highest BCUT2D eigenvalue weighted by Crippen LogP contribution is 2.22. The maximum absolute atomic E-state index is 12.5. The summed E-state index contributed by atoms with van der Waals surface area (Å²) in [7, 11) is 0. The standard InChI is InChI=1S/C19H22N2O5/c1-2-24-19(23)15-8-10-21(11-9-15)18(22)16-12-17(20-26-16)25-13-14-6-4-3-5-7-14/h3-7,12,15H,2,8-11,13H2,1H3. The fourth-order valence-corrected chi connectivity index (χ4v) is 2.89. The molecule has 1 saturated heterocycles. The van der Waals surface area contributed by atoms with Crippen LogP contribution in [0.3, 0.4) is 0 Å². The smallest absolute Gasteiger partial charge is 0.309 e. The Morgan fingerprint density at radius 1 is 1.23 bits per heavy atom. The highest BCUT2D eigenvalue weighted by atomic mass is 16.5. The van der Waals surface area contributed by atoms with Crippen molar-refractivity contribution in [2.45, 2.75) is 26.4 Å². The summed E-state index contributed by atoms with van der Waals surface area (Å²) < 4.78 is 15.7. The van der Waals surface area contributed by atoms with Gasteiger partial charge in [0.15, 0.2) is 0 Å². The molecule has 0 aliphatic carbocycles. The minimum atomic E-state index is -0.241. The van der Waals surface area contributed by atoms with Crippen LogP contribution in [-0.4, -0.2) is 41.6 Å². The quantitative estimate of drug-likeness (QED) is 0.739. The van der Waals surface area contributed by atoms with Gasteiger partial charge < -0.3 is 18.9 Å². The summed E-state index contributed by atoms with van der Waals surface area (Å²) in [5, 5.41) is 3.80. The molecule has 0 bridgehead atoms. The van der Waals surface area contributed by atoms with Crippen molar-refractivity contribution in [3.8, 4) is 5.88 Å². The Morgan fingerprint density at radius 3 is 2.65 bits per heavy atom. The van der Waals surface area contributed by atoms with Crippen LogP contribution < -0.4 is 4.74 Å². The van der Waals surface area contributed by atoms with Crippen molar-refractivity contribution in [3.63, 3.8) is 0 Å². The Bertz CT molecular complexity index is 735. The van der Waals surface area contributed by atoms with E-state index in [2.05, 4.69) is 5.16 Å². The van der Waals surface area contributed by atoms with E-state index in [1.54, 1.807) is 11.8 Å². The molecule has 1 amide bonds. The molecule has 0 radical (unpaired) electrons. The third-order valence-electron chi connectivity index (χ3n) is 4.33. The third kappa shape index (κ3) is 4.41. The van der Waals surface area contributed by atoms with E-state index >= 15 is 0 Å². The zero-order valence-electron chi connectivity index (χ0n) is 14.7. The van der Waals surface area contributed by atoms with Gasteiger partial charge >= 0.3 is 5.97 Å². The predicted molar refractivity (Wildman–Crippen MR) is 92.5 cm³/mol. The number of carbonyl (C=O) groups is 2. The van der Waals surface area contributed by atoms with Crippen LogP contribution in [0, 0.1) is 5.92 Å². The number of hydrogen-bond acceptors (Lipinski definition) is 6. The van der Waals surface area contributed by atoms with Gasteiger partial charge in [0.1, 0.15) is 6.61 Å². The summed E-state index contributed by atoms with van der Waals surface area (Å²) in [6.45, 7) is 3.50. The Labute approximate surface area is 151 Å². The molecule has 1 aromatic heterocycles. The molecular weight excluding hydrogens is 336 g/mol. The van der Waals surface area contributed by atoms with Crippen molar-refractivity contribution < 1.29 is 23.6 Å². The number of likely N-dealkylation sites (tertiary alicyclic amines) is 1. The van der Waals surface area contributed by atoms with Gasteiger partial charge in [-0.05, 0) is 30.5 Å². The molecule has 1 aromatic carbocycles. The van der Waals surface area contributed by atoms with Crippen molar-refractivity contribution in [1.29, 1.82) is 0 Å². The first kappa shape index (κ1) is 18.0.